The van der Waals surface area contributed by atoms with Crippen LogP contribution < -0.4 is 0 Å². The van der Waals surface area contributed by atoms with Crippen LogP contribution in [0.1, 0.15) is 18.9 Å². The van der Waals surface area contributed by atoms with Gasteiger partial charge in [0.25, 0.3) is 5.69 Å². The summed E-state index contributed by atoms with van der Waals surface area (Å²) >= 11 is 0. The van der Waals surface area contributed by atoms with E-state index in [4.69, 9.17) is 0 Å². The Balaban J connectivity index is 2.38. The zero-order chi connectivity index (χ0) is 15.1. The number of nitro groups is 1. The van der Waals surface area contributed by atoms with Gasteiger partial charge in [0.15, 0.2) is 0 Å². The van der Waals surface area contributed by atoms with E-state index in [9.17, 15) is 23.6 Å². The molecule has 1 saturated heterocycles. The van der Waals surface area contributed by atoms with Crippen molar-refractivity contribution in [1.82, 2.24) is 4.31 Å². The maximum Gasteiger partial charge on any atom is 0.269 e. The molecule has 20 heavy (non-hydrogen) atoms. The summed E-state index contributed by atoms with van der Waals surface area (Å²) in [6.07, 6.45) is 0.373. The van der Waals surface area contributed by atoms with E-state index >= 15 is 0 Å². The van der Waals surface area contributed by atoms with E-state index < -0.39 is 20.5 Å². The summed E-state index contributed by atoms with van der Waals surface area (Å²) in [6.45, 7) is 3.39. The van der Waals surface area contributed by atoms with Crippen LogP contribution in [0.15, 0.2) is 23.1 Å². The highest BCUT2D eigenvalue weighted by atomic mass is 32.2. The average Bonchev–Trinajstić information content (AvgIpc) is 2.69. The van der Waals surface area contributed by atoms with E-state index in [1.54, 1.807) is 6.92 Å². The largest absolute Gasteiger partial charge is 0.389 e. The van der Waals surface area contributed by atoms with Gasteiger partial charge in [0.05, 0.1) is 15.4 Å². The topological polar surface area (TPSA) is 101 Å². The molecule has 0 aliphatic carbocycles. The lowest BCUT2D eigenvalue weighted by atomic mass is 10.1. The normalized spacial score (nSPS) is 23.9. The number of β-amino-alcohol motifs (C(OH)–C–C–N with tert-alkyl or cyclic N) is 1. The van der Waals surface area contributed by atoms with E-state index in [1.807, 2.05) is 0 Å². The fourth-order valence-corrected chi connectivity index (χ4v) is 4.05. The SMILES string of the molecule is Cc1cc([N+](=O)[O-])ccc1S(=O)(=O)N1CCC(C)(O)C1. The van der Waals surface area contributed by atoms with Crippen LogP contribution in [-0.2, 0) is 10.0 Å². The van der Waals surface area contributed by atoms with Gasteiger partial charge in [0.2, 0.25) is 10.0 Å². The second kappa shape index (κ2) is 4.80. The van der Waals surface area contributed by atoms with Crippen LogP contribution in [0.2, 0.25) is 0 Å². The van der Waals surface area contributed by atoms with Gasteiger partial charge in [0, 0.05) is 25.2 Å². The molecular formula is C12H16N2O5S. The van der Waals surface area contributed by atoms with Crippen molar-refractivity contribution >= 4 is 15.7 Å². The fourth-order valence-electron chi connectivity index (χ4n) is 2.28. The fraction of sp³-hybridized carbons (Fsp3) is 0.500. The van der Waals surface area contributed by atoms with Crippen molar-refractivity contribution in [3.8, 4) is 0 Å². The predicted molar refractivity (Wildman–Crippen MR) is 71.8 cm³/mol. The Kier molecular flexibility index (Phi) is 3.57. The van der Waals surface area contributed by atoms with E-state index in [0.717, 1.165) is 0 Å². The first kappa shape index (κ1) is 14.9. The van der Waals surface area contributed by atoms with Gasteiger partial charge in [-0.25, -0.2) is 8.42 Å². The predicted octanol–water partition coefficient (Wildman–Crippen LogP) is 1.05. The molecule has 1 fully saturated rings. The minimum absolute atomic E-state index is 0.0335. The first-order valence-corrected chi connectivity index (χ1v) is 7.55. The first-order chi connectivity index (χ1) is 9.13. The van der Waals surface area contributed by atoms with E-state index in [2.05, 4.69) is 0 Å². The van der Waals surface area contributed by atoms with Crippen molar-refractivity contribution < 1.29 is 18.4 Å². The third kappa shape index (κ3) is 2.67. The second-order valence-corrected chi connectivity index (χ2v) is 7.20. The maximum atomic E-state index is 12.5. The molecule has 1 atom stereocenters. The molecule has 2 rings (SSSR count). The lowest BCUT2D eigenvalue weighted by Crippen LogP contribution is -2.34. The summed E-state index contributed by atoms with van der Waals surface area (Å²) in [6, 6.07) is 3.66. The van der Waals surface area contributed by atoms with Gasteiger partial charge in [-0.05, 0) is 31.9 Å². The Morgan fingerprint density at radius 2 is 2.10 bits per heavy atom. The monoisotopic (exact) mass is 300 g/mol. The highest BCUT2D eigenvalue weighted by molar-refractivity contribution is 7.89. The Morgan fingerprint density at radius 3 is 2.55 bits per heavy atom. The molecule has 1 heterocycles. The van der Waals surface area contributed by atoms with E-state index in [0.29, 0.717) is 12.0 Å². The van der Waals surface area contributed by atoms with Crippen molar-refractivity contribution in [2.75, 3.05) is 13.1 Å². The number of hydrogen-bond donors (Lipinski definition) is 1. The van der Waals surface area contributed by atoms with E-state index in [-0.39, 0.29) is 23.7 Å². The summed E-state index contributed by atoms with van der Waals surface area (Å²) < 4.78 is 26.1. The zero-order valence-electron chi connectivity index (χ0n) is 11.2. The quantitative estimate of drug-likeness (QED) is 0.664. The number of aliphatic hydroxyl groups is 1. The molecule has 1 aromatic carbocycles. The Labute approximate surface area is 117 Å². The Morgan fingerprint density at radius 1 is 1.45 bits per heavy atom. The van der Waals surface area contributed by atoms with Crippen LogP contribution >= 0.6 is 0 Å². The minimum Gasteiger partial charge on any atom is -0.389 e. The third-order valence-electron chi connectivity index (χ3n) is 3.40. The van der Waals surface area contributed by atoms with Gasteiger partial charge >= 0.3 is 0 Å². The molecule has 8 heteroatoms. The molecule has 7 nitrogen and oxygen atoms in total. The molecule has 0 aromatic heterocycles. The van der Waals surface area contributed by atoms with Crippen LogP contribution in [0.5, 0.6) is 0 Å². The first-order valence-electron chi connectivity index (χ1n) is 6.11. The number of benzene rings is 1. The number of nitro benzene ring substituents is 1. The Hall–Kier alpha value is -1.51. The Bertz CT molecular complexity index is 654. The molecule has 110 valence electrons. The highest BCUT2D eigenvalue weighted by Crippen LogP contribution is 2.29. The number of hydrogen-bond acceptors (Lipinski definition) is 5. The number of rotatable bonds is 3. The van der Waals surface area contributed by atoms with Gasteiger partial charge in [-0.15, -0.1) is 0 Å². The third-order valence-corrected chi connectivity index (χ3v) is 5.41. The molecule has 0 spiro atoms. The maximum absolute atomic E-state index is 12.5. The van der Waals surface area contributed by atoms with Crippen molar-refractivity contribution in [1.29, 1.82) is 0 Å². The lowest BCUT2D eigenvalue weighted by molar-refractivity contribution is -0.385. The smallest absolute Gasteiger partial charge is 0.269 e. The summed E-state index contributed by atoms with van der Waals surface area (Å²) in [5, 5.41) is 20.5. The van der Waals surface area contributed by atoms with Crippen molar-refractivity contribution in [2.45, 2.75) is 30.8 Å². The molecule has 0 saturated carbocycles. The number of non-ortho nitro benzene ring substituents is 1. The lowest BCUT2D eigenvalue weighted by Gasteiger charge is -2.19. The summed E-state index contributed by atoms with van der Waals surface area (Å²) in [7, 11) is -3.73. The molecule has 1 aromatic rings. The molecule has 0 amide bonds. The van der Waals surface area contributed by atoms with Gasteiger partial charge < -0.3 is 5.11 Å². The number of sulfonamides is 1. The van der Waals surface area contributed by atoms with Gasteiger partial charge in [-0.3, -0.25) is 10.1 Å². The zero-order valence-corrected chi connectivity index (χ0v) is 12.1. The molecular weight excluding hydrogens is 284 g/mol. The highest BCUT2D eigenvalue weighted by Gasteiger charge is 2.39. The molecule has 0 bridgehead atoms. The standard InChI is InChI=1S/C12H16N2O5S/c1-9-7-10(14(16)17)3-4-11(9)20(18,19)13-6-5-12(2,15)8-13/h3-4,7,15H,5-6,8H2,1-2H3. The van der Waals surface area contributed by atoms with Crippen LogP contribution in [0.4, 0.5) is 5.69 Å². The van der Waals surface area contributed by atoms with Crippen molar-refractivity contribution in [3.63, 3.8) is 0 Å². The second-order valence-electron chi connectivity index (χ2n) is 5.29. The van der Waals surface area contributed by atoms with Crippen LogP contribution in [0, 0.1) is 17.0 Å². The molecule has 1 N–H and O–H groups in total. The van der Waals surface area contributed by atoms with Gasteiger partial charge in [0.1, 0.15) is 0 Å². The number of aryl methyl sites for hydroxylation is 1. The van der Waals surface area contributed by atoms with Gasteiger partial charge in [-0.1, -0.05) is 0 Å². The van der Waals surface area contributed by atoms with Crippen LogP contribution in [0.3, 0.4) is 0 Å². The molecule has 1 aliphatic rings. The summed E-state index contributed by atoms with van der Waals surface area (Å²) in [4.78, 5) is 10.1. The summed E-state index contributed by atoms with van der Waals surface area (Å²) in [5.74, 6) is 0. The number of nitrogens with zero attached hydrogens (tertiary/aromatic N) is 2. The van der Waals surface area contributed by atoms with Crippen LogP contribution in [-0.4, -0.2) is 41.4 Å². The summed E-state index contributed by atoms with van der Waals surface area (Å²) in [5.41, 5.74) is -0.845. The van der Waals surface area contributed by atoms with E-state index in [1.165, 1.54) is 29.4 Å². The average molecular weight is 300 g/mol. The van der Waals surface area contributed by atoms with Crippen molar-refractivity contribution in [3.05, 3.63) is 33.9 Å². The van der Waals surface area contributed by atoms with Gasteiger partial charge in [-0.2, -0.15) is 4.31 Å². The van der Waals surface area contributed by atoms with Crippen LogP contribution in [0.25, 0.3) is 0 Å². The minimum atomic E-state index is -3.73. The van der Waals surface area contributed by atoms with Crippen molar-refractivity contribution in [2.24, 2.45) is 0 Å². The molecule has 1 aliphatic heterocycles. The molecule has 0 radical (unpaired) electrons. The molecule has 1 unspecified atom stereocenters.